The maximum Gasteiger partial charge on any atom is 0.333 e. The van der Waals surface area contributed by atoms with Crippen LogP contribution in [-0.2, 0) is 14.0 Å². The van der Waals surface area contributed by atoms with E-state index in [-0.39, 0.29) is 11.5 Å². The minimum atomic E-state index is -2.20. The number of aromatic amines is 1. The normalized spacial score (nSPS) is 25.0. The van der Waals surface area contributed by atoms with E-state index in [9.17, 15) is 19.5 Å². The zero-order valence-corrected chi connectivity index (χ0v) is 15.5. The molecular weight excluding hydrogens is 332 g/mol. The number of carbonyl (C=O) groups is 1. The Morgan fingerprint density at radius 3 is 2.54 bits per heavy atom. The third kappa shape index (κ3) is 3.68. The van der Waals surface area contributed by atoms with Crippen molar-refractivity contribution < 1.29 is 19.1 Å². The van der Waals surface area contributed by atoms with Crippen LogP contribution in [0, 0.1) is 0 Å². The van der Waals surface area contributed by atoms with Crippen LogP contribution in [0.15, 0.2) is 21.9 Å². The number of hydrogen-bond acceptors (Lipinski definition) is 5. The summed E-state index contributed by atoms with van der Waals surface area (Å²) >= 11 is 0. The molecule has 0 unspecified atom stereocenters. The molecule has 0 aliphatic carbocycles. The van der Waals surface area contributed by atoms with E-state index in [2.05, 4.69) is 25.8 Å². The van der Waals surface area contributed by atoms with Crippen LogP contribution in [0.2, 0.25) is 18.1 Å². The second-order valence-corrected chi connectivity index (χ2v) is 12.3. The fourth-order valence-electron chi connectivity index (χ4n) is 2.33. The van der Waals surface area contributed by atoms with Gasteiger partial charge in [-0.3, -0.25) is 14.3 Å². The second-order valence-electron chi connectivity index (χ2n) is 7.52. The number of aliphatic carboxylic acids is 1. The van der Waals surface area contributed by atoms with Crippen LogP contribution in [-0.4, -0.2) is 41.2 Å². The summed E-state index contributed by atoms with van der Waals surface area (Å²) < 4.78 is 13.0. The predicted molar refractivity (Wildman–Crippen MR) is 89.6 cm³/mol. The molecule has 8 nitrogen and oxygen atoms in total. The van der Waals surface area contributed by atoms with Crippen LogP contribution in [0.4, 0.5) is 0 Å². The zero-order chi connectivity index (χ0) is 18.3. The number of nitrogens with one attached hydrogen (secondary N) is 1. The Balaban J connectivity index is 2.37. The summed E-state index contributed by atoms with van der Waals surface area (Å²) in [5.41, 5.74) is -1.17. The zero-order valence-electron chi connectivity index (χ0n) is 14.5. The lowest BCUT2D eigenvalue weighted by atomic mass is 10.2. The van der Waals surface area contributed by atoms with E-state index in [1.54, 1.807) is 0 Å². The van der Waals surface area contributed by atoms with Gasteiger partial charge in [0.25, 0.3) is 5.56 Å². The smallest absolute Gasteiger partial charge is 0.333 e. The molecule has 1 fully saturated rings. The fraction of sp³-hybridized carbons (Fsp3) is 0.667. The molecule has 0 saturated carbocycles. The topological polar surface area (TPSA) is 111 Å². The summed E-state index contributed by atoms with van der Waals surface area (Å²) in [5, 5.41) is 9.18. The Hall–Kier alpha value is -1.71. The highest BCUT2D eigenvalue weighted by Crippen LogP contribution is 2.41. The van der Waals surface area contributed by atoms with Crippen LogP contribution < -0.4 is 11.2 Å². The van der Waals surface area contributed by atoms with Crippen molar-refractivity contribution in [1.29, 1.82) is 0 Å². The summed E-state index contributed by atoms with van der Waals surface area (Å²) in [6.07, 6.45) is -1.06. The first-order valence-corrected chi connectivity index (χ1v) is 10.7. The molecule has 1 aliphatic rings. The maximum absolute atomic E-state index is 12.0. The third-order valence-electron chi connectivity index (χ3n) is 4.72. The van der Waals surface area contributed by atoms with Crippen LogP contribution in [0.25, 0.3) is 0 Å². The summed E-state index contributed by atoms with van der Waals surface area (Å²) in [6.45, 7) is 10.3. The standard InChI is InChI=1S/C15H24N2O6Si/c1-15(2,3)24(4,5)23-9-8-10(13(19)20)22-12(9)17-7-6-11(18)16-14(17)21/h6-7,9-10,12H,8H2,1-5H3,(H,19,20)(H,16,18,21)/t9-,10-,12-/m1/s1. The van der Waals surface area contributed by atoms with Gasteiger partial charge in [-0.2, -0.15) is 0 Å². The largest absolute Gasteiger partial charge is 0.479 e. The van der Waals surface area contributed by atoms with Crippen molar-refractivity contribution >= 4 is 14.3 Å². The monoisotopic (exact) mass is 356 g/mol. The van der Waals surface area contributed by atoms with Crippen molar-refractivity contribution in [3.63, 3.8) is 0 Å². The van der Waals surface area contributed by atoms with E-state index in [1.807, 2.05) is 13.1 Å². The lowest BCUT2D eigenvalue weighted by Gasteiger charge is -2.39. The van der Waals surface area contributed by atoms with Crippen molar-refractivity contribution in [2.24, 2.45) is 0 Å². The van der Waals surface area contributed by atoms with Gasteiger partial charge >= 0.3 is 11.7 Å². The van der Waals surface area contributed by atoms with Crippen LogP contribution in [0.3, 0.4) is 0 Å². The molecule has 1 aromatic rings. The van der Waals surface area contributed by atoms with Gasteiger partial charge in [0.1, 0.15) is 0 Å². The number of carboxylic acid groups (broad SMARTS) is 1. The number of aromatic nitrogens is 2. The summed E-state index contributed by atoms with van der Waals surface area (Å²) in [5.74, 6) is -1.10. The number of rotatable bonds is 4. The first-order valence-electron chi connectivity index (χ1n) is 7.80. The lowest BCUT2D eigenvalue weighted by Crippen LogP contribution is -2.46. The van der Waals surface area contributed by atoms with Gasteiger partial charge in [-0.05, 0) is 18.1 Å². The molecule has 3 atom stereocenters. The van der Waals surface area contributed by atoms with E-state index >= 15 is 0 Å². The Kier molecular flexibility index (Phi) is 4.89. The predicted octanol–water partition coefficient (Wildman–Crippen LogP) is 1.30. The van der Waals surface area contributed by atoms with Crippen molar-refractivity contribution in [2.45, 2.75) is 63.8 Å². The fourth-order valence-corrected chi connectivity index (χ4v) is 3.65. The average molecular weight is 356 g/mol. The highest BCUT2D eigenvalue weighted by molar-refractivity contribution is 6.74. The summed E-state index contributed by atoms with van der Waals surface area (Å²) in [7, 11) is -2.20. The molecule has 24 heavy (non-hydrogen) atoms. The maximum atomic E-state index is 12.0. The third-order valence-corrected chi connectivity index (χ3v) is 9.23. The van der Waals surface area contributed by atoms with E-state index in [0.29, 0.717) is 0 Å². The molecular formula is C15H24N2O6Si. The number of H-pyrrole nitrogens is 1. The molecule has 0 amide bonds. The molecule has 2 rings (SSSR count). The molecule has 0 spiro atoms. The van der Waals surface area contributed by atoms with Gasteiger partial charge in [0, 0.05) is 18.7 Å². The number of nitrogens with zero attached hydrogens (tertiary/aromatic N) is 1. The molecule has 0 radical (unpaired) electrons. The van der Waals surface area contributed by atoms with Crippen molar-refractivity contribution in [3.8, 4) is 0 Å². The average Bonchev–Trinajstić information content (AvgIpc) is 2.80. The van der Waals surface area contributed by atoms with E-state index < -0.39 is 44.0 Å². The van der Waals surface area contributed by atoms with Crippen molar-refractivity contribution in [1.82, 2.24) is 9.55 Å². The van der Waals surface area contributed by atoms with Crippen LogP contribution in [0.5, 0.6) is 0 Å². The lowest BCUT2D eigenvalue weighted by molar-refractivity contribution is -0.152. The highest BCUT2D eigenvalue weighted by Gasteiger charge is 2.47. The molecule has 134 valence electrons. The quantitative estimate of drug-likeness (QED) is 0.787. The number of hydrogen-bond donors (Lipinski definition) is 2. The molecule has 1 aromatic heterocycles. The van der Waals surface area contributed by atoms with Crippen molar-refractivity contribution in [3.05, 3.63) is 33.1 Å². The molecule has 0 bridgehead atoms. The molecule has 2 N–H and O–H groups in total. The first-order chi connectivity index (χ1) is 10.9. The van der Waals surface area contributed by atoms with E-state index in [0.717, 1.165) is 0 Å². The second kappa shape index (κ2) is 6.30. The minimum absolute atomic E-state index is 0.0746. The Morgan fingerprint density at radius 1 is 1.42 bits per heavy atom. The number of ether oxygens (including phenoxy) is 1. The SMILES string of the molecule is CC(C)(C)[Si](C)(C)O[C@@H]1C[C@H](C(=O)O)O[C@H]1n1ccc(=O)[nH]c1=O. The van der Waals surface area contributed by atoms with Gasteiger partial charge in [0.15, 0.2) is 20.6 Å². The molecule has 0 aromatic carbocycles. The Bertz CT molecular complexity index is 732. The number of carboxylic acids is 1. The highest BCUT2D eigenvalue weighted by atomic mass is 28.4. The van der Waals surface area contributed by atoms with Crippen molar-refractivity contribution in [2.75, 3.05) is 0 Å². The van der Waals surface area contributed by atoms with Gasteiger partial charge in [0.2, 0.25) is 0 Å². The van der Waals surface area contributed by atoms with E-state index in [4.69, 9.17) is 9.16 Å². The van der Waals surface area contributed by atoms with E-state index in [1.165, 1.54) is 16.8 Å². The molecule has 9 heteroatoms. The minimum Gasteiger partial charge on any atom is -0.479 e. The van der Waals surface area contributed by atoms with Gasteiger partial charge in [-0.15, -0.1) is 0 Å². The molecule has 1 aliphatic heterocycles. The van der Waals surface area contributed by atoms with Gasteiger partial charge in [0.05, 0.1) is 6.10 Å². The van der Waals surface area contributed by atoms with Crippen LogP contribution >= 0.6 is 0 Å². The summed E-state index contributed by atoms with van der Waals surface area (Å²) in [4.78, 5) is 36.8. The first kappa shape index (κ1) is 18.6. The van der Waals surface area contributed by atoms with Crippen LogP contribution in [0.1, 0.15) is 33.4 Å². The Morgan fingerprint density at radius 2 is 2.04 bits per heavy atom. The van der Waals surface area contributed by atoms with Gasteiger partial charge in [-0.1, -0.05) is 20.8 Å². The molecule has 1 saturated heterocycles. The summed E-state index contributed by atoms with van der Waals surface area (Å²) in [6, 6.07) is 1.20. The van der Waals surface area contributed by atoms with Gasteiger partial charge < -0.3 is 14.3 Å². The van der Waals surface area contributed by atoms with Gasteiger partial charge in [-0.25, -0.2) is 9.59 Å². The Labute approximate surface area is 140 Å². The molecule has 2 heterocycles.